The molecule has 1 aromatic carbocycles. The zero-order chi connectivity index (χ0) is 19.1. The Hall–Kier alpha value is -2.61. The molecular weight excluding hydrogens is 328 g/mol. The van der Waals surface area contributed by atoms with Crippen LogP contribution in [0.5, 0.6) is 0 Å². The fraction of sp³-hybridized carbons (Fsp3) is 0.476. The molecule has 26 heavy (non-hydrogen) atoms. The summed E-state index contributed by atoms with van der Waals surface area (Å²) < 4.78 is 5.05. The van der Waals surface area contributed by atoms with Gasteiger partial charge in [-0.25, -0.2) is 4.79 Å². The summed E-state index contributed by atoms with van der Waals surface area (Å²) in [7, 11) is 0. The average Bonchev–Trinajstić information content (AvgIpc) is 2.64. The van der Waals surface area contributed by atoms with E-state index < -0.39 is 5.97 Å². The van der Waals surface area contributed by atoms with E-state index in [2.05, 4.69) is 20.8 Å². The maximum absolute atomic E-state index is 12.1. The van der Waals surface area contributed by atoms with Crippen molar-refractivity contribution < 1.29 is 14.3 Å². The lowest BCUT2D eigenvalue weighted by Gasteiger charge is -2.30. The molecular formula is C21H26N2O3. The number of carbonyl (C=O) groups is 2. The van der Waals surface area contributed by atoms with Crippen LogP contribution in [0.15, 0.2) is 29.8 Å². The number of amides is 1. The molecule has 0 aliphatic carbocycles. The SMILES string of the molecule is CC1CCN(C(=O)COC(=O)/C(C#N)=C/c2ccc(C(C)C)cc2)CC1. The van der Waals surface area contributed by atoms with Gasteiger partial charge in [-0.15, -0.1) is 0 Å². The molecule has 5 nitrogen and oxygen atoms in total. The number of ether oxygens (including phenoxy) is 1. The van der Waals surface area contributed by atoms with Crippen LogP contribution in [0.4, 0.5) is 0 Å². The second-order valence-corrected chi connectivity index (χ2v) is 7.13. The zero-order valence-corrected chi connectivity index (χ0v) is 15.7. The van der Waals surface area contributed by atoms with Crippen molar-refractivity contribution in [2.75, 3.05) is 19.7 Å². The van der Waals surface area contributed by atoms with Crippen molar-refractivity contribution in [3.05, 3.63) is 41.0 Å². The average molecular weight is 354 g/mol. The normalized spacial score (nSPS) is 15.7. The molecule has 1 amide bonds. The van der Waals surface area contributed by atoms with Gasteiger partial charge < -0.3 is 9.64 Å². The Morgan fingerprint density at radius 1 is 1.27 bits per heavy atom. The first-order valence-corrected chi connectivity index (χ1v) is 9.07. The van der Waals surface area contributed by atoms with E-state index in [1.54, 1.807) is 4.90 Å². The Bertz CT molecular complexity index is 706. The van der Waals surface area contributed by atoms with Crippen molar-refractivity contribution in [2.24, 2.45) is 5.92 Å². The van der Waals surface area contributed by atoms with E-state index >= 15 is 0 Å². The molecule has 0 bridgehead atoms. The van der Waals surface area contributed by atoms with Gasteiger partial charge in [0.25, 0.3) is 5.91 Å². The second-order valence-electron chi connectivity index (χ2n) is 7.13. The minimum atomic E-state index is -0.765. The minimum Gasteiger partial charge on any atom is -0.451 e. The van der Waals surface area contributed by atoms with Crippen molar-refractivity contribution in [1.82, 2.24) is 4.90 Å². The maximum atomic E-state index is 12.1. The van der Waals surface area contributed by atoms with Gasteiger partial charge in [-0.2, -0.15) is 5.26 Å². The molecule has 0 N–H and O–H groups in total. The predicted octanol–water partition coefficient (Wildman–Crippen LogP) is 3.52. The van der Waals surface area contributed by atoms with Gasteiger partial charge in [0.15, 0.2) is 6.61 Å². The first-order chi connectivity index (χ1) is 12.4. The Labute approximate surface area is 155 Å². The summed E-state index contributed by atoms with van der Waals surface area (Å²) in [5.41, 5.74) is 1.83. The number of carbonyl (C=O) groups excluding carboxylic acids is 2. The highest BCUT2D eigenvalue weighted by atomic mass is 16.5. The lowest BCUT2D eigenvalue weighted by atomic mass is 9.99. The summed E-state index contributed by atoms with van der Waals surface area (Å²) in [4.78, 5) is 26.0. The topological polar surface area (TPSA) is 70.4 Å². The van der Waals surface area contributed by atoms with Crippen LogP contribution < -0.4 is 0 Å². The number of benzene rings is 1. The number of nitriles is 1. The van der Waals surface area contributed by atoms with Crippen molar-refractivity contribution in [3.8, 4) is 6.07 Å². The Balaban J connectivity index is 1.93. The first kappa shape index (κ1) is 19.7. The number of rotatable bonds is 5. The van der Waals surface area contributed by atoms with Crippen LogP contribution in [-0.4, -0.2) is 36.5 Å². The number of piperidine rings is 1. The van der Waals surface area contributed by atoms with Crippen LogP contribution in [0.3, 0.4) is 0 Å². The van der Waals surface area contributed by atoms with Crippen LogP contribution >= 0.6 is 0 Å². The third-order valence-electron chi connectivity index (χ3n) is 4.72. The van der Waals surface area contributed by atoms with Crippen LogP contribution in [0, 0.1) is 17.2 Å². The van der Waals surface area contributed by atoms with E-state index in [0.717, 1.165) is 18.4 Å². The molecule has 0 aromatic heterocycles. The molecule has 138 valence electrons. The quantitative estimate of drug-likeness (QED) is 0.461. The molecule has 1 aliphatic heterocycles. The Morgan fingerprint density at radius 3 is 2.42 bits per heavy atom. The largest absolute Gasteiger partial charge is 0.451 e. The third kappa shape index (κ3) is 5.45. The molecule has 0 radical (unpaired) electrons. The molecule has 0 atom stereocenters. The van der Waals surface area contributed by atoms with Gasteiger partial charge in [0.2, 0.25) is 0 Å². The third-order valence-corrected chi connectivity index (χ3v) is 4.72. The van der Waals surface area contributed by atoms with Crippen molar-refractivity contribution in [2.45, 2.75) is 39.5 Å². The highest BCUT2D eigenvalue weighted by molar-refractivity contribution is 5.98. The van der Waals surface area contributed by atoms with Crippen LogP contribution in [0.25, 0.3) is 6.08 Å². The molecule has 0 saturated carbocycles. The second kappa shape index (κ2) is 9.19. The summed E-state index contributed by atoms with van der Waals surface area (Å²) >= 11 is 0. The summed E-state index contributed by atoms with van der Waals surface area (Å²) in [6.07, 6.45) is 3.42. The van der Waals surface area contributed by atoms with E-state index in [1.807, 2.05) is 30.3 Å². The van der Waals surface area contributed by atoms with E-state index in [0.29, 0.717) is 24.9 Å². The van der Waals surface area contributed by atoms with Crippen LogP contribution in [-0.2, 0) is 14.3 Å². The van der Waals surface area contributed by atoms with Crippen LogP contribution in [0.1, 0.15) is 50.7 Å². The first-order valence-electron chi connectivity index (χ1n) is 9.07. The highest BCUT2D eigenvalue weighted by Gasteiger charge is 2.22. The molecule has 0 unspecified atom stereocenters. The van der Waals surface area contributed by atoms with Gasteiger partial charge in [-0.05, 0) is 41.9 Å². The number of hydrogen-bond acceptors (Lipinski definition) is 4. The van der Waals surface area contributed by atoms with Gasteiger partial charge in [-0.1, -0.05) is 45.0 Å². The van der Waals surface area contributed by atoms with Gasteiger partial charge in [-0.3, -0.25) is 4.79 Å². The lowest BCUT2D eigenvalue weighted by Crippen LogP contribution is -2.40. The fourth-order valence-corrected chi connectivity index (χ4v) is 2.83. The fourth-order valence-electron chi connectivity index (χ4n) is 2.83. The van der Waals surface area contributed by atoms with Gasteiger partial charge in [0, 0.05) is 13.1 Å². The standard InChI is InChI=1S/C21H26N2O3/c1-15(2)18-6-4-17(5-7-18)12-19(13-22)21(25)26-14-20(24)23-10-8-16(3)9-11-23/h4-7,12,15-16H,8-11,14H2,1-3H3/b19-12+. The number of esters is 1. The molecule has 1 fully saturated rings. The van der Waals surface area contributed by atoms with Gasteiger partial charge >= 0.3 is 5.97 Å². The lowest BCUT2D eigenvalue weighted by molar-refractivity contribution is -0.149. The zero-order valence-electron chi connectivity index (χ0n) is 15.7. The molecule has 1 aliphatic rings. The predicted molar refractivity (Wildman–Crippen MR) is 100 cm³/mol. The molecule has 1 heterocycles. The molecule has 0 spiro atoms. The van der Waals surface area contributed by atoms with Crippen LogP contribution in [0.2, 0.25) is 0 Å². The van der Waals surface area contributed by atoms with E-state index in [9.17, 15) is 14.9 Å². The molecule has 5 heteroatoms. The smallest absolute Gasteiger partial charge is 0.349 e. The number of likely N-dealkylation sites (tertiary alicyclic amines) is 1. The van der Waals surface area contributed by atoms with Crippen molar-refractivity contribution in [1.29, 1.82) is 5.26 Å². The van der Waals surface area contributed by atoms with Crippen molar-refractivity contribution in [3.63, 3.8) is 0 Å². The van der Waals surface area contributed by atoms with E-state index in [4.69, 9.17) is 4.74 Å². The van der Waals surface area contributed by atoms with E-state index in [1.165, 1.54) is 11.6 Å². The minimum absolute atomic E-state index is 0.109. The highest BCUT2D eigenvalue weighted by Crippen LogP contribution is 2.17. The number of hydrogen-bond donors (Lipinski definition) is 0. The van der Waals surface area contributed by atoms with Crippen molar-refractivity contribution >= 4 is 18.0 Å². The number of nitrogens with zero attached hydrogens (tertiary/aromatic N) is 2. The summed E-state index contributed by atoms with van der Waals surface area (Å²) in [6.45, 7) is 7.44. The molecule has 2 rings (SSSR count). The molecule has 1 aromatic rings. The summed E-state index contributed by atoms with van der Waals surface area (Å²) in [6, 6.07) is 9.52. The van der Waals surface area contributed by atoms with Gasteiger partial charge in [0.05, 0.1) is 0 Å². The summed E-state index contributed by atoms with van der Waals surface area (Å²) in [5.74, 6) is 0.0667. The Kier molecular flexibility index (Phi) is 6.97. The maximum Gasteiger partial charge on any atom is 0.349 e. The summed E-state index contributed by atoms with van der Waals surface area (Å²) in [5, 5.41) is 9.23. The molecule has 1 saturated heterocycles. The monoisotopic (exact) mass is 354 g/mol. The Morgan fingerprint density at radius 2 is 1.88 bits per heavy atom. The van der Waals surface area contributed by atoms with Gasteiger partial charge in [0.1, 0.15) is 11.6 Å². The van der Waals surface area contributed by atoms with E-state index in [-0.39, 0.29) is 18.1 Å².